The zero-order valence-electron chi connectivity index (χ0n) is 17.5. The molecule has 2 aromatic carbocycles. The minimum atomic E-state index is -0.0516. The maximum Gasteiger partial charge on any atom is 0.226 e. The number of hydrogen-bond acceptors (Lipinski definition) is 4. The molecule has 4 rings (SSSR count). The van der Waals surface area contributed by atoms with Crippen molar-refractivity contribution in [3.8, 4) is 11.5 Å². The van der Waals surface area contributed by atoms with Crippen molar-refractivity contribution < 1.29 is 9.21 Å². The molecule has 1 atom stereocenters. The molecule has 156 valence electrons. The van der Waals surface area contributed by atoms with Crippen LogP contribution >= 0.6 is 0 Å². The Labute approximate surface area is 178 Å². The lowest BCUT2D eigenvalue weighted by Crippen LogP contribution is -2.34. The first kappa shape index (κ1) is 20.4. The molecule has 0 bridgehead atoms. The first-order valence-corrected chi connectivity index (χ1v) is 10.7. The van der Waals surface area contributed by atoms with Gasteiger partial charge in [0, 0.05) is 25.2 Å². The second-order valence-electron chi connectivity index (χ2n) is 8.21. The molecule has 5 nitrogen and oxygen atoms in total. The van der Waals surface area contributed by atoms with Gasteiger partial charge in [-0.1, -0.05) is 49.4 Å². The Morgan fingerprint density at radius 3 is 2.70 bits per heavy atom. The fraction of sp³-hybridized carbons (Fsp3) is 0.360. The molecule has 3 aromatic rings. The Kier molecular flexibility index (Phi) is 6.60. The number of carbonyl (C=O) groups is 1. The summed E-state index contributed by atoms with van der Waals surface area (Å²) >= 11 is 0. The number of nitrogens with one attached hydrogen (secondary N) is 1. The predicted octanol–water partition coefficient (Wildman–Crippen LogP) is 4.43. The van der Waals surface area contributed by atoms with E-state index < -0.39 is 0 Å². The maximum atomic E-state index is 12.5. The summed E-state index contributed by atoms with van der Waals surface area (Å²) < 4.78 is 5.53. The SMILES string of the molecule is CC1CCCN(Cc2ccccc2CNC(=O)Cc2coc(-c3ccccc3)n2)C1. The molecule has 0 aliphatic carbocycles. The van der Waals surface area contributed by atoms with Crippen LogP contribution in [0.3, 0.4) is 0 Å². The van der Waals surface area contributed by atoms with E-state index in [9.17, 15) is 4.79 Å². The fourth-order valence-electron chi connectivity index (χ4n) is 4.08. The van der Waals surface area contributed by atoms with Gasteiger partial charge in [0.05, 0.1) is 12.1 Å². The van der Waals surface area contributed by atoms with Crippen LogP contribution in [0.5, 0.6) is 0 Å². The molecular weight excluding hydrogens is 374 g/mol. The van der Waals surface area contributed by atoms with Gasteiger partial charge >= 0.3 is 0 Å². The van der Waals surface area contributed by atoms with Gasteiger partial charge in [0.1, 0.15) is 6.26 Å². The lowest BCUT2D eigenvalue weighted by atomic mass is 9.99. The molecular formula is C25H29N3O2. The van der Waals surface area contributed by atoms with Crippen LogP contribution in [0.4, 0.5) is 0 Å². The summed E-state index contributed by atoms with van der Waals surface area (Å²) in [7, 11) is 0. The Morgan fingerprint density at radius 2 is 1.90 bits per heavy atom. The average molecular weight is 404 g/mol. The van der Waals surface area contributed by atoms with Gasteiger partial charge in [0.25, 0.3) is 0 Å². The molecule has 1 aromatic heterocycles. The number of benzene rings is 2. The Bertz CT molecular complexity index is 967. The maximum absolute atomic E-state index is 12.5. The zero-order chi connectivity index (χ0) is 20.8. The molecule has 1 fully saturated rings. The zero-order valence-corrected chi connectivity index (χ0v) is 17.5. The van der Waals surface area contributed by atoms with Crippen LogP contribution in [-0.2, 0) is 24.3 Å². The quantitative estimate of drug-likeness (QED) is 0.634. The van der Waals surface area contributed by atoms with Crippen LogP contribution in [0.1, 0.15) is 36.6 Å². The Hall–Kier alpha value is -2.92. The molecule has 30 heavy (non-hydrogen) atoms. The summed E-state index contributed by atoms with van der Waals surface area (Å²) in [6.45, 7) is 6.10. The van der Waals surface area contributed by atoms with Crippen molar-refractivity contribution in [1.82, 2.24) is 15.2 Å². The molecule has 1 aliphatic rings. The van der Waals surface area contributed by atoms with E-state index in [0.29, 0.717) is 18.1 Å². The van der Waals surface area contributed by atoms with Crippen LogP contribution in [-0.4, -0.2) is 28.9 Å². The number of amides is 1. The smallest absolute Gasteiger partial charge is 0.226 e. The molecule has 2 heterocycles. The normalized spacial score (nSPS) is 17.0. The molecule has 0 radical (unpaired) electrons. The highest BCUT2D eigenvalue weighted by molar-refractivity contribution is 5.78. The molecule has 0 saturated carbocycles. The first-order chi connectivity index (χ1) is 14.7. The Balaban J connectivity index is 1.33. The van der Waals surface area contributed by atoms with Gasteiger partial charge in [0.2, 0.25) is 11.8 Å². The van der Waals surface area contributed by atoms with Crippen molar-refractivity contribution >= 4 is 5.91 Å². The number of aromatic nitrogens is 1. The van der Waals surface area contributed by atoms with Gasteiger partial charge in [-0.15, -0.1) is 0 Å². The average Bonchev–Trinajstić information content (AvgIpc) is 3.22. The van der Waals surface area contributed by atoms with E-state index in [1.807, 2.05) is 36.4 Å². The highest BCUT2D eigenvalue weighted by atomic mass is 16.3. The lowest BCUT2D eigenvalue weighted by molar-refractivity contribution is -0.120. The highest BCUT2D eigenvalue weighted by Gasteiger charge is 2.17. The number of hydrogen-bond donors (Lipinski definition) is 1. The van der Waals surface area contributed by atoms with Crippen LogP contribution in [0.25, 0.3) is 11.5 Å². The van der Waals surface area contributed by atoms with E-state index in [0.717, 1.165) is 31.1 Å². The number of rotatable bonds is 7. The first-order valence-electron chi connectivity index (χ1n) is 10.7. The second kappa shape index (κ2) is 9.72. The number of likely N-dealkylation sites (tertiary alicyclic amines) is 1. The molecule has 1 aliphatic heterocycles. The predicted molar refractivity (Wildman–Crippen MR) is 118 cm³/mol. The molecule has 1 N–H and O–H groups in total. The van der Waals surface area contributed by atoms with E-state index in [-0.39, 0.29) is 12.3 Å². The fourth-order valence-corrected chi connectivity index (χ4v) is 4.08. The van der Waals surface area contributed by atoms with Crippen molar-refractivity contribution in [1.29, 1.82) is 0 Å². The number of piperidine rings is 1. The molecule has 5 heteroatoms. The van der Waals surface area contributed by atoms with Crippen molar-refractivity contribution in [2.45, 2.75) is 39.3 Å². The number of nitrogens with zero attached hydrogens (tertiary/aromatic N) is 2. The van der Waals surface area contributed by atoms with E-state index in [4.69, 9.17) is 4.42 Å². The van der Waals surface area contributed by atoms with E-state index in [1.165, 1.54) is 24.0 Å². The van der Waals surface area contributed by atoms with Gasteiger partial charge in [-0.05, 0) is 48.6 Å². The molecule has 1 amide bonds. The van der Waals surface area contributed by atoms with Crippen molar-refractivity contribution in [2.24, 2.45) is 5.92 Å². The summed E-state index contributed by atoms with van der Waals surface area (Å²) in [5.74, 6) is 1.25. The summed E-state index contributed by atoms with van der Waals surface area (Å²) in [5.41, 5.74) is 4.01. The van der Waals surface area contributed by atoms with Crippen molar-refractivity contribution in [2.75, 3.05) is 13.1 Å². The number of oxazole rings is 1. The summed E-state index contributed by atoms with van der Waals surface area (Å²) in [6, 6.07) is 18.1. The van der Waals surface area contributed by atoms with Crippen LogP contribution in [0, 0.1) is 5.92 Å². The van der Waals surface area contributed by atoms with E-state index in [2.05, 4.69) is 40.3 Å². The second-order valence-corrected chi connectivity index (χ2v) is 8.21. The highest BCUT2D eigenvalue weighted by Crippen LogP contribution is 2.20. The third kappa shape index (κ3) is 5.36. The summed E-state index contributed by atoms with van der Waals surface area (Å²) in [5, 5.41) is 3.04. The van der Waals surface area contributed by atoms with Crippen LogP contribution in [0.2, 0.25) is 0 Å². The third-order valence-corrected chi connectivity index (χ3v) is 5.64. The Morgan fingerprint density at radius 1 is 1.13 bits per heavy atom. The minimum absolute atomic E-state index is 0.0516. The summed E-state index contributed by atoms with van der Waals surface area (Å²) in [4.78, 5) is 19.4. The topological polar surface area (TPSA) is 58.4 Å². The van der Waals surface area contributed by atoms with Gasteiger partial charge < -0.3 is 9.73 Å². The van der Waals surface area contributed by atoms with Gasteiger partial charge in [-0.3, -0.25) is 9.69 Å². The summed E-state index contributed by atoms with van der Waals surface area (Å²) in [6.07, 6.45) is 4.36. The van der Waals surface area contributed by atoms with Gasteiger partial charge in [-0.2, -0.15) is 0 Å². The molecule has 0 spiro atoms. The third-order valence-electron chi connectivity index (χ3n) is 5.64. The van der Waals surface area contributed by atoms with E-state index >= 15 is 0 Å². The number of carbonyl (C=O) groups excluding carboxylic acids is 1. The largest absolute Gasteiger partial charge is 0.444 e. The van der Waals surface area contributed by atoms with Crippen molar-refractivity contribution in [3.05, 3.63) is 77.7 Å². The van der Waals surface area contributed by atoms with Crippen LogP contribution in [0.15, 0.2) is 65.3 Å². The lowest BCUT2D eigenvalue weighted by Gasteiger charge is -2.31. The van der Waals surface area contributed by atoms with Crippen molar-refractivity contribution in [3.63, 3.8) is 0 Å². The standard InChI is InChI=1S/C25H29N3O2/c1-19-8-7-13-28(16-19)17-22-12-6-5-11-21(22)15-26-24(29)14-23-18-30-25(27-23)20-9-3-2-4-10-20/h2-6,9-12,18-19H,7-8,13-17H2,1H3,(H,26,29). The minimum Gasteiger partial charge on any atom is -0.444 e. The van der Waals surface area contributed by atoms with Gasteiger partial charge in [-0.25, -0.2) is 4.98 Å². The molecule has 1 saturated heterocycles. The van der Waals surface area contributed by atoms with E-state index in [1.54, 1.807) is 6.26 Å². The molecule has 1 unspecified atom stereocenters. The van der Waals surface area contributed by atoms with Crippen LogP contribution < -0.4 is 5.32 Å². The van der Waals surface area contributed by atoms with Gasteiger partial charge in [0.15, 0.2) is 0 Å². The monoisotopic (exact) mass is 403 g/mol.